The molecule has 0 saturated carbocycles. The van der Waals surface area contributed by atoms with Gasteiger partial charge in [0, 0.05) is 109 Å². The predicted octanol–water partition coefficient (Wildman–Crippen LogP) is -4.01. The Balaban J connectivity index is -0.000000331. The number of hydrogen-bond acceptors (Lipinski definition) is 48. The highest BCUT2D eigenvalue weighted by molar-refractivity contribution is 7.79. The second-order valence-electron chi connectivity index (χ2n) is 23.4. The summed E-state index contributed by atoms with van der Waals surface area (Å²) in [7, 11) is 4.26. The van der Waals surface area contributed by atoms with E-state index in [2.05, 4.69) is 177 Å². The molecule has 11 aromatic heterocycles. The van der Waals surface area contributed by atoms with Crippen LogP contribution in [0.1, 0.15) is 140 Å². The van der Waals surface area contributed by atoms with Crippen LogP contribution in [0.4, 0.5) is 13.2 Å². The molecule has 0 bridgehead atoms. The second-order valence-corrected chi connectivity index (χ2v) is 25.7. The third-order valence-corrected chi connectivity index (χ3v) is 13.0. The van der Waals surface area contributed by atoms with E-state index in [1.54, 1.807) is 74.6 Å². The van der Waals surface area contributed by atoms with Crippen LogP contribution in [-0.4, -0.2) is 214 Å². The highest BCUT2D eigenvalue weighted by atomic mass is 32.2. The van der Waals surface area contributed by atoms with Crippen LogP contribution in [0.15, 0.2) is 111 Å². The van der Waals surface area contributed by atoms with Crippen molar-refractivity contribution < 1.29 is 107 Å². The lowest BCUT2D eigenvalue weighted by atomic mass is 10.1. The lowest BCUT2D eigenvalue weighted by Crippen LogP contribution is -2.32. The molecule has 0 radical (unpaired) electrons. The van der Waals surface area contributed by atoms with Crippen LogP contribution in [0.25, 0.3) is 0 Å². The number of aromatic hydroxyl groups is 1. The Kier molecular flexibility index (Phi) is 71.1. The average Bonchev–Trinajstić information content (AvgIpc) is 1.68. The number of nitrogens with zero attached hydrogens (tertiary/aromatic N) is 15. The van der Waals surface area contributed by atoms with E-state index in [9.17, 15) is 113 Å². The van der Waals surface area contributed by atoms with E-state index >= 15 is 0 Å². The van der Waals surface area contributed by atoms with E-state index < -0.39 is 81.4 Å². The van der Waals surface area contributed by atoms with Crippen molar-refractivity contribution in [1.82, 2.24) is 153 Å². The summed E-state index contributed by atoms with van der Waals surface area (Å²) in [5.74, 6) is 0.137. The summed E-state index contributed by atoms with van der Waals surface area (Å²) < 4.78 is 91.6. The minimum absolute atomic E-state index is 0. The standard InChI is InChI=1S/C7H8O5.C5H4O3.C4H6F3NO.C4H6N2O.2C4H5NO2.C4H9NO.C3H5N3O.C3H4N2O3.2C3H4N2O2.2C3H4N2OS.C3H4N2O.C3H7NO2.C2H4N4O.C2H4N4.C2H4N2O2S.C2H5NO2.CH4/c1-4-6(3-10-5(2)8)12-7(9)11-4;1-2-3(6)5(8)4(2)7;1-3(9)8-2-4(5,6)7;1-3-2-4(7)6-5-3;1-3-2-4(6)5-7-3;1-3-2-4(6)7-5-3;1-3-5-4(2)6;1-2-4-3(7)6-5-2;1-5-2(6)4-3(7)8-5;1-2-4-5-3(6)7-2;3*1-2-4-3(6)7-5-2;1-3(6)5-2-4;1-3(5)4-6-2;1-6-2(7)3-4-5-6;1-2-3-5-6-4-2;1-2-3-6-7(5)4-2;1-2(4)3-5;/h3H2,1-2H3;6H,1H3;2H2,1H3,(H,8,9);2H,1H3,(H2,5,6,7);2H,1H3,(H,5,6);2H2,1H3;3H2,1-2H3,(H,5,6);1H3,(H2,4,5,6,7);1H3,(H,4,6,7);1H3,(H,5,6);3*1H3,(H,4,5,6);1H3,(H,5,6);1-2H3,(H,4,5);1H3,(H,3,5,7);1H3,(H,3,4,5,6);1H3,(H,3,4);5H,1H3,(H,3,4);1H4. The van der Waals surface area contributed by atoms with Crippen molar-refractivity contribution in [2.24, 2.45) is 23.6 Å². The molecule has 20 N–H and O–H groups in total. The molecule has 1 atom stereocenters. The fourth-order valence-electron chi connectivity index (χ4n) is 5.69. The molecule has 1 unspecified atom stereocenters. The lowest BCUT2D eigenvalue weighted by molar-refractivity contribution is -0.143. The first-order chi connectivity index (χ1) is 63.2. The van der Waals surface area contributed by atoms with Crippen LogP contribution in [0.2, 0.25) is 0 Å². The number of nitrogens with one attached hydrogen (secondary N) is 18. The minimum atomic E-state index is -4.30. The summed E-state index contributed by atoms with van der Waals surface area (Å²) in [6, 6.07) is 2.89. The summed E-state index contributed by atoms with van der Waals surface area (Å²) >= 11 is 0.410. The van der Waals surface area contributed by atoms with Crippen molar-refractivity contribution in [1.29, 1.82) is 5.26 Å². The first kappa shape index (κ1) is 131. The number of aromatic amines is 12. The topological polar surface area (TPSA) is 964 Å². The number of aromatic nitrogens is 24. The highest BCUT2D eigenvalue weighted by Gasteiger charge is 2.27. The van der Waals surface area contributed by atoms with Gasteiger partial charge in [0.25, 0.3) is 16.5 Å². The van der Waals surface area contributed by atoms with Gasteiger partial charge in [-0.05, 0) is 93.5 Å². The molecule has 14 rings (SSSR count). The number of oxime groups is 1. The molecule has 0 fully saturated rings. The monoisotopic (exact) mass is 2020 g/mol. The Morgan fingerprint density at radius 2 is 1.25 bits per heavy atom. The van der Waals surface area contributed by atoms with Crippen molar-refractivity contribution in [2.75, 3.05) is 20.2 Å². The van der Waals surface area contributed by atoms with Gasteiger partial charge in [0.15, 0.2) is 35.9 Å². The lowest BCUT2D eigenvalue weighted by Gasteiger charge is -2.04. The molecule has 0 saturated heterocycles. The van der Waals surface area contributed by atoms with Crippen molar-refractivity contribution in [3.05, 3.63) is 210 Å². The van der Waals surface area contributed by atoms with E-state index in [4.69, 9.17) is 15.6 Å². The van der Waals surface area contributed by atoms with Gasteiger partial charge in [-0.3, -0.25) is 102 Å². The minimum Gasteiger partial charge on any atom is -0.504 e. The zero-order valence-corrected chi connectivity index (χ0v) is 78.0. The van der Waals surface area contributed by atoms with Gasteiger partial charge in [-0.1, -0.05) is 23.0 Å². The van der Waals surface area contributed by atoms with E-state index in [0.717, 1.165) is 57.4 Å². The summed E-state index contributed by atoms with van der Waals surface area (Å²) in [5.41, 5.74) is 4.91. The van der Waals surface area contributed by atoms with Gasteiger partial charge >= 0.3 is 79.3 Å². The van der Waals surface area contributed by atoms with Crippen molar-refractivity contribution >= 4 is 87.4 Å². The van der Waals surface area contributed by atoms with E-state index in [0.29, 0.717) is 58.8 Å². The van der Waals surface area contributed by atoms with Crippen molar-refractivity contribution in [3.8, 4) is 11.9 Å². The number of esters is 1. The molecular formula is C65H100F3N33O33S3. The Bertz CT molecular complexity index is 5860. The molecule has 0 spiro atoms. The first-order valence-corrected chi connectivity index (χ1v) is 38.6. The number of rotatable bonds is 5. The SMILES string of the molecule is C.CC(=O)NC#N.CC(=O)NCC(F)(F)F.CC(=O)NO.CC(=O)OCc1oc(=O)oc1C.CC1=NOC(=O)C1.CC1=NS(=O)ON1.CCNC(C)=O.CONC(C)=O.Cc1c(O)c(=O)c1=O.Cc1cc(=O)[nH][nH]1.Cc1cc(=O)[nH]o1.Cc1n[nH]c(=O)[nH]1.Cc1n[nH]c(=O)o1.Cc1nn[nH]n1.Cc1noc(=O)[nH]1.Cc1nsc(=O)[nH]1.Cc1nsc(=O)[nH]1.Cn1nn[nH]c1=O.Cn1oc(=O)[nH]c1=O. The Labute approximate surface area is 772 Å². The quantitative estimate of drug-likeness (QED) is 0.0148. The van der Waals surface area contributed by atoms with Crippen molar-refractivity contribution in [2.45, 2.75) is 158 Å². The van der Waals surface area contributed by atoms with Crippen LogP contribution in [0.3, 0.4) is 0 Å². The molecule has 66 nitrogen and oxygen atoms in total. The number of tetrazole rings is 2. The Morgan fingerprint density at radius 3 is 1.38 bits per heavy atom. The number of ether oxygens (including phenoxy) is 1. The van der Waals surface area contributed by atoms with E-state index in [-0.39, 0.29) is 87.0 Å². The molecule has 2 aliphatic heterocycles. The van der Waals surface area contributed by atoms with Gasteiger partial charge in [0.1, 0.15) is 41.4 Å². The summed E-state index contributed by atoms with van der Waals surface area (Å²) in [6.45, 7) is 29.1. The fraction of sp³-hybridized carbons (Fsp3) is 0.431. The Hall–Kier alpha value is -17.1. The van der Waals surface area contributed by atoms with Gasteiger partial charge in [-0.2, -0.15) is 56.4 Å². The van der Waals surface area contributed by atoms with Crippen molar-refractivity contribution in [3.63, 3.8) is 0 Å². The predicted molar refractivity (Wildman–Crippen MR) is 464 cm³/mol. The van der Waals surface area contributed by atoms with Crippen LogP contribution < -0.4 is 104 Å². The largest absolute Gasteiger partial charge is 0.519 e. The normalized spacial score (nSPS) is 10.6. The van der Waals surface area contributed by atoms with E-state index in [1.807, 2.05) is 24.1 Å². The molecule has 762 valence electrons. The van der Waals surface area contributed by atoms with Crippen LogP contribution >= 0.6 is 23.1 Å². The number of amides is 5. The van der Waals surface area contributed by atoms with Gasteiger partial charge in [0.05, 0.1) is 26.3 Å². The molecular weight excluding hydrogens is 1920 g/mol. The number of hydrogen-bond donors (Lipinski definition) is 20. The molecule has 2 aliphatic rings. The summed E-state index contributed by atoms with van der Waals surface area (Å²) in [5, 5.41) is 76.1. The molecule has 0 aliphatic carbocycles. The molecule has 5 amide bonds. The summed E-state index contributed by atoms with van der Waals surface area (Å²) in [4.78, 5) is 221. The van der Waals surface area contributed by atoms with E-state index in [1.165, 1.54) is 86.6 Å². The summed E-state index contributed by atoms with van der Waals surface area (Å²) in [6.07, 6.45) is -2.47. The maximum atomic E-state index is 11.2. The molecule has 137 heavy (non-hydrogen) atoms. The van der Waals surface area contributed by atoms with Crippen LogP contribution in [0.5, 0.6) is 5.75 Å². The number of alkyl halides is 3. The zero-order chi connectivity index (χ0) is 106. The number of carbonyl (C=O) groups excluding carboxylic acids is 7. The molecule has 12 aromatic rings. The average molecular weight is 2020 g/mol. The molecule has 13 heterocycles. The maximum absolute atomic E-state index is 11.2. The molecule has 1 aromatic carbocycles. The number of carbonyl (C=O) groups is 7. The molecule has 72 heteroatoms. The number of aryl methyl sites for hydroxylation is 11. The number of hydroxylamine groups is 3. The number of H-pyrrole nitrogens is 12. The zero-order valence-electron chi connectivity index (χ0n) is 75.6. The highest BCUT2D eigenvalue weighted by Crippen LogP contribution is 2.12. The number of nitriles is 1. The second kappa shape index (κ2) is 74.5. The van der Waals surface area contributed by atoms with Gasteiger partial charge in [-0.15, -0.1) is 19.7 Å². The Morgan fingerprint density at radius 1 is 0.664 bits per heavy atom. The smallest absolute Gasteiger partial charge is 0.504 e. The maximum Gasteiger partial charge on any atom is 0.519 e. The van der Waals surface area contributed by atoms with Crippen LogP contribution in [-0.2, 0) is 84.2 Å². The fourth-order valence-corrected chi connectivity index (χ4v) is 7.10. The van der Waals surface area contributed by atoms with Crippen LogP contribution in [0, 0.1) is 80.7 Å². The van der Waals surface area contributed by atoms with Gasteiger partial charge < -0.3 is 52.7 Å². The number of halogens is 3. The first-order valence-electron chi connectivity index (χ1n) is 36.0. The third kappa shape index (κ3) is 79.5. The van der Waals surface area contributed by atoms with Gasteiger partial charge in [-0.25, -0.2) is 79.3 Å². The van der Waals surface area contributed by atoms with Gasteiger partial charge in [0.2, 0.25) is 40.9 Å². The number of amidine groups is 1. The third-order valence-electron chi connectivity index (χ3n) is 11.1.